The summed E-state index contributed by atoms with van der Waals surface area (Å²) in [7, 11) is -0.517. The van der Waals surface area contributed by atoms with Gasteiger partial charge in [0.15, 0.2) is 0 Å². The average molecular weight is 449 g/mol. The first-order valence-corrected chi connectivity index (χ1v) is 11.6. The van der Waals surface area contributed by atoms with Crippen LogP contribution in [0.3, 0.4) is 0 Å². The molecule has 0 saturated heterocycles. The second-order valence-corrected chi connectivity index (χ2v) is 9.38. The lowest BCUT2D eigenvalue weighted by Crippen LogP contribution is -2.18. The number of methoxy groups -OCH3 is 1. The minimum atomic E-state index is -3.89. The lowest BCUT2D eigenvalue weighted by Gasteiger charge is -2.17. The van der Waals surface area contributed by atoms with E-state index in [1.165, 1.54) is 0 Å². The van der Waals surface area contributed by atoms with Gasteiger partial charge in [0, 0.05) is 19.2 Å². The molecule has 1 heterocycles. The molecule has 0 unspecified atom stereocenters. The Kier molecular flexibility index (Phi) is 6.01. The van der Waals surface area contributed by atoms with Crippen molar-refractivity contribution in [3.63, 3.8) is 0 Å². The predicted octanol–water partition coefficient (Wildman–Crippen LogP) is 5.13. The van der Waals surface area contributed by atoms with Crippen LogP contribution < -0.4 is 9.64 Å². The number of aryl methyl sites for hydroxylation is 1. The summed E-state index contributed by atoms with van der Waals surface area (Å²) in [5.41, 5.74) is 2.66. The Morgan fingerprint density at radius 1 is 0.938 bits per heavy atom. The Balaban J connectivity index is 1.80. The zero-order valence-corrected chi connectivity index (χ0v) is 19.0. The minimum absolute atomic E-state index is 0.106. The lowest BCUT2D eigenvalue weighted by molar-refractivity contribution is 0.415. The summed E-state index contributed by atoms with van der Waals surface area (Å²) in [6, 6.07) is 23.6. The van der Waals surface area contributed by atoms with Crippen LogP contribution in [0.4, 0.5) is 5.88 Å². The van der Waals surface area contributed by atoms with E-state index in [-0.39, 0.29) is 21.7 Å². The quantitative estimate of drug-likeness (QED) is 0.390. The molecule has 164 valence electrons. The smallest absolute Gasteiger partial charge is 0.236 e. The van der Waals surface area contributed by atoms with Crippen molar-refractivity contribution in [3.05, 3.63) is 90.0 Å². The highest BCUT2D eigenvalue weighted by Gasteiger charge is 2.30. The van der Waals surface area contributed by atoms with Crippen LogP contribution in [0.2, 0.25) is 0 Å². The van der Waals surface area contributed by atoms with Gasteiger partial charge in [-0.05, 0) is 48.9 Å². The van der Waals surface area contributed by atoms with Crippen LogP contribution in [-0.4, -0.2) is 27.6 Å². The molecule has 0 aliphatic carbocycles. The van der Waals surface area contributed by atoms with E-state index in [4.69, 9.17) is 9.15 Å². The van der Waals surface area contributed by atoms with Crippen LogP contribution in [-0.2, 0) is 16.4 Å². The molecule has 0 atom stereocenters. The van der Waals surface area contributed by atoms with Gasteiger partial charge in [0.05, 0.1) is 12.0 Å². The van der Waals surface area contributed by atoms with E-state index in [0.717, 1.165) is 11.1 Å². The monoisotopic (exact) mass is 448 g/mol. The molecule has 32 heavy (non-hydrogen) atoms. The van der Waals surface area contributed by atoms with Crippen LogP contribution in [0.25, 0.3) is 11.5 Å². The highest BCUT2D eigenvalue weighted by atomic mass is 32.2. The summed E-state index contributed by atoms with van der Waals surface area (Å²) in [6.45, 7) is 2.38. The van der Waals surface area contributed by atoms with Crippen LogP contribution in [0.15, 0.2) is 93.2 Å². The number of anilines is 1. The van der Waals surface area contributed by atoms with Crippen molar-refractivity contribution < 1.29 is 17.6 Å². The molecule has 0 aliphatic heterocycles. The van der Waals surface area contributed by atoms with Gasteiger partial charge >= 0.3 is 0 Å². The molecule has 0 radical (unpaired) electrons. The molecular formula is C25H24N2O4S. The number of oxazole rings is 1. The Labute approximate surface area is 188 Å². The summed E-state index contributed by atoms with van der Waals surface area (Å²) >= 11 is 0. The summed E-state index contributed by atoms with van der Waals surface area (Å²) in [5, 5.41) is -0.106. The zero-order chi connectivity index (χ0) is 22.7. The average Bonchev–Trinajstić information content (AvgIpc) is 3.27. The molecule has 0 spiro atoms. The fourth-order valence-corrected chi connectivity index (χ4v) is 4.68. The Morgan fingerprint density at radius 2 is 1.59 bits per heavy atom. The van der Waals surface area contributed by atoms with Crippen molar-refractivity contribution in [1.82, 2.24) is 4.98 Å². The van der Waals surface area contributed by atoms with E-state index in [1.807, 2.05) is 37.3 Å². The molecule has 0 fully saturated rings. The number of ether oxygens (including phenoxy) is 1. The first-order chi connectivity index (χ1) is 15.4. The normalized spacial score (nSPS) is 11.3. The Morgan fingerprint density at radius 3 is 2.22 bits per heavy atom. The molecule has 6 nitrogen and oxygen atoms in total. The van der Waals surface area contributed by atoms with Gasteiger partial charge < -0.3 is 14.1 Å². The fraction of sp³-hybridized carbons (Fsp3) is 0.160. The van der Waals surface area contributed by atoms with Crippen LogP contribution in [0.5, 0.6) is 5.75 Å². The molecular weight excluding hydrogens is 424 g/mol. The summed E-state index contributed by atoms with van der Waals surface area (Å²) in [4.78, 5) is 6.37. The molecule has 0 aliphatic rings. The predicted molar refractivity (Wildman–Crippen MR) is 124 cm³/mol. The van der Waals surface area contributed by atoms with E-state index < -0.39 is 9.84 Å². The lowest BCUT2D eigenvalue weighted by atomic mass is 10.2. The Hall–Kier alpha value is -3.58. The van der Waals surface area contributed by atoms with Crippen molar-refractivity contribution in [3.8, 4) is 17.2 Å². The topological polar surface area (TPSA) is 72.6 Å². The number of benzene rings is 3. The van der Waals surface area contributed by atoms with Crippen LogP contribution >= 0.6 is 0 Å². The van der Waals surface area contributed by atoms with Crippen LogP contribution in [0.1, 0.15) is 11.1 Å². The first kappa shape index (κ1) is 21.6. The van der Waals surface area contributed by atoms with Gasteiger partial charge in [0.2, 0.25) is 26.6 Å². The maximum Gasteiger partial charge on any atom is 0.236 e. The molecule has 1 aromatic heterocycles. The molecule has 4 rings (SSSR count). The highest BCUT2D eigenvalue weighted by molar-refractivity contribution is 7.91. The maximum atomic E-state index is 13.5. The molecule has 0 N–H and O–H groups in total. The zero-order valence-electron chi connectivity index (χ0n) is 18.1. The summed E-state index contributed by atoms with van der Waals surface area (Å²) in [6.07, 6.45) is 0. The SMILES string of the molecule is COc1ccc(-c2nc(S(=O)(=O)c3ccc(C)cc3)c(N(C)Cc3ccccc3)o2)cc1. The standard InChI is InChI=1S/C25H24N2O4S/c1-18-9-15-22(16-10-18)32(28,29)24-25(27(2)17-19-7-5-4-6-8-19)31-23(26-24)20-11-13-21(30-3)14-12-20/h4-16H,17H2,1-3H3. The third-order valence-electron chi connectivity index (χ3n) is 5.11. The second kappa shape index (κ2) is 8.88. The third kappa shape index (κ3) is 4.38. The van der Waals surface area contributed by atoms with Gasteiger partial charge in [-0.3, -0.25) is 0 Å². The van der Waals surface area contributed by atoms with E-state index in [1.54, 1.807) is 67.6 Å². The summed E-state index contributed by atoms with van der Waals surface area (Å²) < 4.78 is 38.2. The largest absolute Gasteiger partial charge is 0.497 e. The number of sulfone groups is 1. The van der Waals surface area contributed by atoms with Gasteiger partial charge in [-0.15, -0.1) is 0 Å². The molecule has 0 amide bonds. The molecule has 3 aromatic carbocycles. The molecule has 7 heteroatoms. The number of hydrogen-bond donors (Lipinski definition) is 0. The Bertz CT molecular complexity index is 1300. The van der Waals surface area contributed by atoms with Crippen molar-refractivity contribution in [2.45, 2.75) is 23.4 Å². The number of hydrogen-bond acceptors (Lipinski definition) is 6. The number of rotatable bonds is 7. The summed E-state index contributed by atoms with van der Waals surface area (Å²) in [5.74, 6) is 1.11. The van der Waals surface area contributed by atoms with Gasteiger partial charge in [-0.25, -0.2) is 8.42 Å². The van der Waals surface area contributed by atoms with E-state index in [2.05, 4.69) is 4.98 Å². The molecule has 0 bridgehead atoms. The van der Waals surface area contributed by atoms with Crippen molar-refractivity contribution in [1.29, 1.82) is 0 Å². The van der Waals surface area contributed by atoms with E-state index in [0.29, 0.717) is 17.9 Å². The highest BCUT2D eigenvalue weighted by Crippen LogP contribution is 2.35. The molecule has 0 saturated carbocycles. The maximum absolute atomic E-state index is 13.5. The minimum Gasteiger partial charge on any atom is -0.497 e. The number of nitrogens with zero attached hydrogens (tertiary/aromatic N) is 2. The fourth-order valence-electron chi connectivity index (χ4n) is 3.33. The van der Waals surface area contributed by atoms with Gasteiger partial charge in [-0.1, -0.05) is 48.0 Å². The van der Waals surface area contributed by atoms with Crippen molar-refractivity contribution in [2.75, 3.05) is 19.1 Å². The van der Waals surface area contributed by atoms with E-state index in [9.17, 15) is 8.42 Å². The van der Waals surface area contributed by atoms with Crippen molar-refractivity contribution in [2.24, 2.45) is 0 Å². The van der Waals surface area contributed by atoms with Crippen molar-refractivity contribution >= 4 is 15.7 Å². The molecule has 4 aromatic rings. The number of aromatic nitrogens is 1. The third-order valence-corrected chi connectivity index (χ3v) is 6.78. The van der Waals surface area contributed by atoms with Gasteiger partial charge in [0.25, 0.3) is 0 Å². The first-order valence-electron chi connectivity index (χ1n) is 10.1. The van der Waals surface area contributed by atoms with Gasteiger partial charge in [0.1, 0.15) is 5.75 Å². The van der Waals surface area contributed by atoms with E-state index >= 15 is 0 Å². The van der Waals surface area contributed by atoms with Crippen LogP contribution in [0, 0.1) is 6.92 Å². The second-order valence-electron chi connectivity index (χ2n) is 7.52. The van der Waals surface area contributed by atoms with Gasteiger partial charge in [-0.2, -0.15) is 4.98 Å².